The Morgan fingerprint density at radius 2 is 0.694 bits per heavy atom. The van der Waals surface area contributed by atoms with Crippen molar-refractivity contribution in [3.05, 3.63) is 0 Å². The third kappa shape index (κ3) is 37.5. The van der Waals surface area contributed by atoms with Crippen LogP contribution in [0.3, 0.4) is 0 Å². The molecule has 6 heteroatoms. The molecule has 290 valence electrons. The van der Waals surface area contributed by atoms with Gasteiger partial charge < -0.3 is 14.2 Å². The van der Waals surface area contributed by atoms with E-state index in [1.165, 1.54) is 0 Å². The Hall–Kier alpha value is -1.59. The van der Waals surface area contributed by atoms with E-state index in [-0.39, 0.29) is 0 Å². The summed E-state index contributed by atoms with van der Waals surface area (Å²) >= 11 is 0. The number of esters is 3. The zero-order valence-electron chi connectivity index (χ0n) is 101. The molecule has 0 fully saturated rings. The van der Waals surface area contributed by atoms with Crippen LogP contribution in [-0.2, 0) is 28.6 Å². The van der Waals surface area contributed by atoms with Crippen molar-refractivity contribution in [3.63, 3.8) is 0 Å². The molecule has 0 rings (SSSR count). The molecular formula is C43H82O6. The van der Waals surface area contributed by atoms with E-state index < -0.39 is 274 Å². The molecule has 0 radical (unpaired) electrons. The van der Waals surface area contributed by atoms with Gasteiger partial charge in [0.15, 0.2) is 6.10 Å². The van der Waals surface area contributed by atoms with Crippen molar-refractivity contribution in [2.45, 2.75) is 243 Å². The van der Waals surface area contributed by atoms with Gasteiger partial charge in [0.05, 0.1) is 0 Å². The Morgan fingerprint density at radius 3 is 1.02 bits per heavy atom. The van der Waals surface area contributed by atoms with Crippen LogP contribution in [0.1, 0.15) is 341 Å². The molecule has 0 aromatic rings. The molecule has 0 unspecified atom stereocenters. The summed E-state index contributed by atoms with van der Waals surface area (Å²) in [4.78, 5) is 41.9. The molecule has 0 amide bonds. The maximum Gasteiger partial charge on any atom is 0.306 e. The first-order chi connectivity index (χ1) is 52.7. The van der Waals surface area contributed by atoms with Crippen molar-refractivity contribution < 1.29 is 133 Å². The fourth-order valence-electron chi connectivity index (χ4n) is 1.74. The second-order valence-corrected chi connectivity index (χ2v) is 6.49. The van der Waals surface area contributed by atoms with Crippen molar-refractivity contribution in [2.75, 3.05) is 13.2 Å². The molecular weight excluding hydrogens is 612 g/mol. The highest BCUT2D eigenvalue weighted by molar-refractivity contribution is 5.71. The number of hydrogen-bond donors (Lipinski definition) is 0. The van der Waals surface area contributed by atoms with E-state index in [1.807, 2.05) is 0 Å². The van der Waals surface area contributed by atoms with Crippen molar-refractivity contribution in [1.29, 1.82) is 0 Å². The Kier molecular flexibility index (Phi) is 5.45. The van der Waals surface area contributed by atoms with Crippen molar-refractivity contribution in [3.8, 4) is 0 Å². The molecule has 0 saturated carbocycles. The first-order valence-electron chi connectivity index (χ1n) is 50.3. The van der Waals surface area contributed by atoms with Crippen LogP contribution in [0.15, 0.2) is 0 Å². The molecule has 0 heterocycles. The summed E-state index contributed by atoms with van der Waals surface area (Å²) in [5.41, 5.74) is 0. The van der Waals surface area contributed by atoms with E-state index in [2.05, 4.69) is 14.2 Å². The number of carbonyl (C=O) groups excluding carboxylic acids is 3. The minimum absolute atomic E-state index is 2.60. The highest BCUT2D eigenvalue weighted by Gasteiger charge is 2.19. The van der Waals surface area contributed by atoms with Crippen molar-refractivity contribution >= 4 is 17.9 Å². The van der Waals surface area contributed by atoms with E-state index in [9.17, 15) is 14.4 Å². The smallest absolute Gasteiger partial charge is 0.306 e. The fraction of sp³-hybridized carbons (Fsp3) is 0.930. The minimum Gasteiger partial charge on any atom is -0.462 e. The van der Waals surface area contributed by atoms with E-state index in [0.29, 0.717) is 0 Å². The molecule has 0 saturated heterocycles. The Morgan fingerprint density at radius 1 is 0.408 bits per heavy atom. The second-order valence-electron chi connectivity index (χ2n) is 6.49. The average molecular weight is 772 g/mol. The Bertz CT molecular complexity index is 3670. The first kappa shape index (κ1) is 6.81. The lowest BCUT2D eigenvalue weighted by molar-refractivity contribution is -0.167. The van der Waals surface area contributed by atoms with Gasteiger partial charge in [-0.15, -0.1) is 0 Å². The average Bonchev–Trinajstić information content (AvgIpc) is 0.677. The third-order valence-electron chi connectivity index (χ3n) is 3.33. The van der Waals surface area contributed by atoms with Crippen LogP contribution in [0.2, 0.25) is 0 Å². The lowest BCUT2D eigenvalue weighted by Crippen LogP contribution is -2.30. The van der Waals surface area contributed by atoms with Gasteiger partial charge in [-0.25, -0.2) is 0 Å². The summed E-state index contributed by atoms with van der Waals surface area (Å²) in [7, 11) is 0. The highest BCUT2D eigenvalue weighted by Crippen LogP contribution is 2.15. The first-order valence-corrected chi connectivity index (χ1v) is 12.1. The summed E-state index contributed by atoms with van der Waals surface area (Å²) in [6, 6.07) is 0. The minimum atomic E-state index is -5.64. The van der Waals surface area contributed by atoms with Crippen LogP contribution in [0.4, 0.5) is 0 Å². The predicted octanol–water partition coefficient (Wildman–Crippen LogP) is 13.3. The van der Waals surface area contributed by atoms with Gasteiger partial charge >= 0.3 is 17.9 Å². The molecule has 6 nitrogen and oxygen atoms in total. The van der Waals surface area contributed by atoms with E-state index >= 15 is 0 Å². The quantitative estimate of drug-likeness (QED) is 0.0457. The summed E-state index contributed by atoms with van der Waals surface area (Å²) in [5.74, 6) is -9.81. The van der Waals surface area contributed by atoms with Gasteiger partial charge in [-0.3, -0.25) is 14.4 Å². The van der Waals surface area contributed by atoms with Crippen molar-refractivity contribution in [1.82, 2.24) is 0 Å². The summed E-state index contributed by atoms with van der Waals surface area (Å²) < 4.78 is 636. The largest absolute Gasteiger partial charge is 0.462 e. The molecule has 0 aliphatic heterocycles. The van der Waals surface area contributed by atoms with Gasteiger partial charge in [-0.2, -0.15) is 0 Å². The molecule has 0 bridgehead atoms. The molecule has 0 aromatic heterocycles. The normalized spacial score (nSPS) is 44.8. The van der Waals surface area contributed by atoms with Crippen LogP contribution in [-0.4, -0.2) is 37.2 Å². The lowest BCUT2D eigenvalue weighted by Gasteiger charge is -2.18. The van der Waals surface area contributed by atoms with Crippen LogP contribution in [0.5, 0.6) is 0 Å². The molecule has 0 spiro atoms. The van der Waals surface area contributed by atoms with Gasteiger partial charge in [-0.1, -0.05) is 199 Å². The topological polar surface area (TPSA) is 78.9 Å². The molecule has 0 aliphatic rings. The second kappa shape index (κ2) is 39.2. The van der Waals surface area contributed by atoms with Gasteiger partial charge in [0, 0.05) is 123 Å². The number of rotatable bonds is 39. The summed E-state index contributed by atoms with van der Waals surface area (Å²) in [6.45, 7) is -17.1. The van der Waals surface area contributed by atoms with E-state index in [1.54, 1.807) is 0 Å². The van der Waals surface area contributed by atoms with Gasteiger partial charge in [-0.05, 0) is 19.1 Å². The van der Waals surface area contributed by atoms with Crippen LogP contribution in [0.25, 0.3) is 0 Å². The van der Waals surface area contributed by atoms with Crippen molar-refractivity contribution in [2.24, 2.45) is 0 Å². The standard InChI is InChI=1S/C43H82O6/c1-4-7-10-13-15-17-19-21-23-25-27-30-32-35-41(44)47-38-40(49-43(46)37-34-29-12-9-6-3)39-48-42(45)36-33-31-28-26-24-22-20-18-16-14-11-8-5-2/h40H,4-39H2,1-3H3/i1D3,2D3,3D2,4D2,5D2,6D2,7D2,8D2,9D2,10D2,11D2,12D2,13D2,14D2,15D2,16D2,17D2,18D2,19D2,20D2,21D2,22D2,23D2,24D2,25D2,26D2,27D2,28D2,29D2,30D2,31D2,32D2,33D2,34D2,35D2,36D2,37D2. The third-order valence-corrected chi connectivity index (χ3v) is 3.33. The fourth-order valence-corrected chi connectivity index (χ4v) is 1.74. The van der Waals surface area contributed by atoms with E-state index in [0.717, 1.165) is 0 Å². The Balaban J connectivity index is 8.82. The van der Waals surface area contributed by atoms with Gasteiger partial charge in [0.2, 0.25) is 0 Å². The summed E-state index contributed by atoms with van der Waals surface area (Å²) in [6.07, 6.45) is -184. The number of carbonyl (C=O) groups is 3. The predicted molar refractivity (Wildman–Crippen MR) is 206 cm³/mol. The Labute approximate surface area is 411 Å². The highest BCUT2D eigenvalue weighted by atomic mass is 16.6. The molecule has 0 N–H and O–H groups in total. The number of hydrogen-bond acceptors (Lipinski definition) is 6. The van der Waals surface area contributed by atoms with Crippen LogP contribution >= 0.6 is 0 Å². The molecule has 0 aromatic carbocycles. The zero-order valence-corrected chi connectivity index (χ0v) is 24.5. The zero-order chi connectivity index (χ0) is 103. The number of ether oxygens (including phenoxy) is 3. The lowest BCUT2D eigenvalue weighted by atomic mass is 10.0. The van der Waals surface area contributed by atoms with Gasteiger partial charge in [0.25, 0.3) is 0 Å². The van der Waals surface area contributed by atoms with Gasteiger partial charge in [0.1, 0.15) is 13.2 Å². The molecule has 49 heavy (non-hydrogen) atoms. The maximum absolute atomic E-state index is 14.0. The summed E-state index contributed by atoms with van der Waals surface area (Å²) in [5, 5.41) is 0. The van der Waals surface area contributed by atoms with Crippen LogP contribution in [0, 0.1) is 0 Å². The van der Waals surface area contributed by atoms with E-state index in [4.69, 9.17) is 104 Å². The monoisotopic (exact) mass is 771 g/mol. The maximum atomic E-state index is 14.0. The molecule has 0 atom stereocenters. The SMILES string of the molecule is [2H]C([2H])C([2H])([2H])C([2H])([2H])C([2H])([2H])C([2H])([2H])C([2H])([2H])C([2H])([2H])C(=O)OC(COC(=O)C([2H])([2H])C([2H])([2H])C([2H])([2H])C([2H])([2H])C([2H])([2H])C([2H])([2H])C([2H])([2H])C([2H])([2H])C([2H])([2H])C([2H])([2H])C([2H])([2H])C([2H])([2H])C([2H])([2H])C([2H])([2H])C([2H])([2H])[2H])COC(=O)C([2H])([2H])C([2H])([2H])C([2H])([2H])C([2H])([2H])C([2H])([2H])C([2H])([2H])C([2H])([2H])C([2H])([2H])C([2H])([2H])C([2H])([2H])C([2H])([2H])C([2H])([2H])C([2H])([2H])C([2H])([2H])C([2H])([2H])[2H]. The molecule has 0 aliphatic carbocycles. The van der Waals surface area contributed by atoms with Crippen LogP contribution < -0.4 is 0 Å².